The maximum absolute atomic E-state index is 12.5. The summed E-state index contributed by atoms with van der Waals surface area (Å²) >= 11 is 0. The molecule has 0 atom stereocenters. The zero-order valence-corrected chi connectivity index (χ0v) is 11.9. The summed E-state index contributed by atoms with van der Waals surface area (Å²) in [7, 11) is 1.64. The van der Waals surface area contributed by atoms with E-state index in [2.05, 4.69) is 18.8 Å². The molecule has 0 radical (unpaired) electrons. The summed E-state index contributed by atoms with van der Waals surface area (Å²) in [6.45, 7) is 5.29. The van der Waals surface area contributed by atoms with Crippen LogP contribution in [-0.2, 0) is 4.74 Å². The van der Waals surface area contributed by atoms with Crippen LogP contribution in [0.4, 0.5) is 5.82 Å². The van der Waals surface area contributed by atoms with Crippen LogP contribution in [-0.4, -0.2) is 42.1 Å². The molecule has 1 amide bonds. The molecule has 0 unspecified atom stereocenters. The van der Waals surface area contributed by atoms with E-state index >= 15 is 0 Å². The minimum atomic E-state index is -0.0140. The molecular weight excluding hydrogens is 242 g/mol. The average molecular weight is 265 g/mol. The van der Waals surface area contributed by atoms with Crippen LogP contribution in [0.5, 0.6) is 0 Å². The quantitative estimate of drug-likeness (QED) is 0.818. The molecule has 0 aliphatic heterocycles. The van der Waals surface area contributed by atoms with E-state index in [1.54, 1.807) is 25.4 Å². The highest BCUT2D eigenvalue weighted by Gasteiger charge is 2.22. The lowest BCUT2D eigenvalue weighted by Gasteiger charge is -2.30. The molecule has 0 saturated carbocycles. The number of hydrogen-bond acceptors (Lipinski definition) is 4. The molecule has 0 spiro atoms. The number of carbonyl (C=O) groups excluding carboxylic acids is 1. The highest BCUT2D eigenvalue weighted by Crippen LogP contribution is 2.14. The number of methoxy groups -OCH3 is 1. The Bertz CT molecular complexity index is 405. The maximum Gasteiger partial charge on any atom is 0.254 e. The number of aromatic nitrogens is 1. The third-order valence-corrected chi connectivity index (χ3v) is 3.21. The Labute approximate surface area is 114 Å². The van der Waals surface area contributed by atoms with Crippen LogP contribution >= 0.6 is 0 Å². The summed E-state index contributed by atoms with van der Waals surface area (Å²) in [4.78, 5) is 18.3. The molecule has 1 rings (SSSR count). The monoisotopic (exact) mass is 265 g/mol. The molecule has 2 N–H and O–H groups in total. The Morgan fingerprint density at radius 2 is 2.16 bits per heavy atom. The van der Waals surface area contributed by atoms with Crippen molar-refractivity contribution in [1.29, 1.82) is 0 Å². The Morgan fingerprint density at radius 1 is 1.47 bits per heavy atom. The van der Waals surface area contributed by atoms with Gasteiger partial charge in [0.05, 0.1) is 6.61 Å². The fourth-order valence-electron chi connectivity index (χ4n) is 2.12. The topological polar surface area (TPSA) is 68.5 Å². The van der Waals surface area contributed by atoms with Crippen molar-refractivity contribution in [2.45, 2.75) is 32.7 Å². The summed E-state index contributed by atoms with van der Waals surface area (Å²) in [6, 6.07) is 3.53. The summed E-state index contributed by atoms with van der Waals surface area (Å²) < 4.78 is 5.09. The smallest absolute Gasteiger partial charge is 0.254 e. The first-order chi connectivity index (χ1) is 9.13. The number of anilines is 1. The predicted octanol–water partition coefficient (Wildman–Crippen LogP) is 1.94. The Morgan fingerprint density at radius 3 is 2.68 bits per heavy atom. The normalized spacial score (nSPS) is 10.7. The molecule has 19 heavy (non-hydrogen) atoms. The molecule has 5 nitrogen and oxygen atoms in total. The lowest BCUT2D eigenvalue weighted by atomic mass is 10.1. The van der Waals surface area contributed by atoms with E-state index in [1.807, 2.05) is 4.90 Å². The van der Waals surface area contributed by atoms with Crippen molar-refractivity contribution in [2.75, 3.05) is 26.0 Å². The Kier molecular flexibility index (Phi) is 6.29. The van der Waals surface area contributed by atoms with Gasteiger partial charge in [-0.1, -0.05) is 13.8 Å². The first-order valence-electron chi connectivity index (χ1n) is 6.65. The van der Waals surface area contributed by atoms with Crippen LogP contribution in [0.1, 0.15) is 37.0 Å². The van der Waals surface area contributed by atoms with Gasteiger partial charge in [0, 0.05) is 31.5 Å². The second kappa shape index (κ2) is 7.74. The number of pyridine rings is 1. The first kappa shape index (κ1) is 15.4. The van der Waals surface area contributed by atoms with Crippen molar-refractivity contribution in [3.63, 3.8) is 0 Å². The Balaban J connectivity index is 2.92. The number of rotatable bonds is 7. The number of amides is 1. The zero-order valence-electron chi connectivity index (χ0n) is 11.9. The summed E-state index contributed by atoms with van der Waals surface area (Å²) in [5.41, 5.74) is 6.21. The first-order valence-corrected chi connectivity index (χ1v) is 6.65. The maximum atomic E-state index is 12.5. The van der Waals surface area contributed by atoms with E-state index in [1.165, 1.54) is 0 Å². The van der Waals surface area contributed by atoms with Crippen molar-refractivity contribution < 1.29 is 9.53 Å². The molecule has 1 aromatic rings. The van der Waals surface area contributed by atoms with Gasteiger partial charge in [-0.05, 0) is 25.0 Å². The molecule has 5 heteroatoms. The summed E-state index contributed by atoms with van der Waals surface area (Å²) in [5, 5.41) is 0. The molecular formula is C14H23N3O2. The SMILES string of the molecule is CCC(CC)N(CCOC)C(=O)c1ccnc(N)c1. The number of nitrogens with zero attached hydrogens (tertiary/aromatic N) is 2. The van der Waals surface area contributed by atoms with Crippen molar-refractivity contribution in [3.8, 4) is 0 Å². The van der Waals surface area contributed by atoms with E-state index in [0.29, 0.717) is 24.5 Å². The van der Waals surface area contributed by atoms with E-state index < -0.39 is 0 Å². The van der Waals surface area contributed by atoms with Gasteiger partial charge >= 0.3 is 0 Å². The Hall–Kier alpha value is -1.62. The van der Waals surface area contributed by atoms with Crippen molar-refractivity contribution in [1.82, 2.24) is 9.88 Å². The van der Waals surface area contributed by atoms with E-state index in [-0.39, 0.29) is 11.9 Å². The van der Waals surface area contributed by atoms with Crippen molar-refractivity contribution in [2.24, 2.45) is 0 Å². The standard InChI is InChI=1S/C14H23N3O2/c1-4-12(5-2)17(8-9-19-3)14(18)11-6-7-16-13(15)10-11/h6-7,10,12H,4-5,8-9H2,1-3H3,(H2,15,16). The van der Waals surface area contributed by atoms with Gasteiger partial charge in [0.1, 0.15) is 5.82 Å². The predicted molar refractivity (Wildman–Crippen MR) is 75.9 cm³/mol. The van der Waals surface area contributed by atoms with E-state index in [0.717, 1.165) is 12.8 Å². The molecule has 0 bridgehead atoms. The zero-order chi connectivity index (χ0) is 14.3. The molecule has 1 aromatic heterocycles. The highest BCUT2D eigenvalue weighted by molar-refractivity contribution is 5.95. The summed E-state index contributed by atoms with van der Waals surface area (Å²) in [5.74, 6) is 0.349. The molecule has 0 aromatic carbocycles. The van der Waals surface area contributed by atoms with Crippen LogP contribution in [0.3, 0.4) is 0 Å². The van der Waals surface area contributed by atoms with Gasteiger partial charge in [-0.3, -0.25) is 4.79 Å². The third kappa shape index (κ3) is 4.21. The third-order valence-electron chi connectivity index (χ3n) is 3.21. The molecule has 1 heterocycles. The van der Waals surface area contributed by atoms with Gasteiger partial charge in [0.15, 0.2) is 0 Å². The van der Waals surface area contributed by atoms with Crippen LogP contribution in [0.15, 0.2) is 18.3 Å². The number of ether oxygens (including phenoxy) is 1. The van der Waals surface area contributed by atoms with Gasteiger partial charge in [-0.25, -0.2) is 4.98 Å². The number of carbonyl (C=O) groups is 1. The average Bonchev–Trinajstić information content (AvgIpc) is 2.43. The fraction of sp³-hybridized carbons (Fsp3) is 0.571. The number of hydrogen-bond donors (Lipinski definition) is 1. The van der Waals surface area contributed by atoms with Gasteiger partial charge in [-0.15, -0.1) is 0 Å². The fourth-order valence-corrected chi connectivity index (χ4v) is 2.12. The molecule has 0 saturated heterocycles. The lowest BCUT2D eigenvalue weighted by Crippen LogP contribution is -2.41. The summed E-state index contributed by atoms with van der Waals surface area (Å²) in [6.07, 6.45) is 3.41. The second-order valence-electron chi connectivity index (χ2n) is 4.43. The van der Waals surface area contributed by atoms with E-state index in [9.17, 15) is 4.79 Å². The van der Waals surface area contributed by atoms with Crippen LogP contribution in [0.25, 0.3) is 0 Å². The minimum Gasteiger partial charge on any atom is -0.384 e. The highest BCUT2D eigenvalue weighted by atomic mass is 16.5. The second-order valence-corrected chi connectivity index (χ2v) is 4.43. The molecule has 106 valence electrons. The van der Waals surface area contributed by atoms with Crippen molar-refractivity contribution >= 4 is 11.7 Å². The molecule has 0 aliphatic carbocycles. The minimum absolute atomic E-state index is 0.0140. The lowest BCUT2D eigenvalue weighted by molar-refractivity contribution is 0.0589. The van der Waals surface area contributed by atoms with Gasteiger partial charge in [-0.2, -0.15) is 0 Å². The molecule has 0 aliphatic rings. The molecule has 0 fully saturated rings. The van der Waals surface area contributed by atoms with Crippen LogP contribution in [0, 0.1) is 0 Å². The van der Waals surface area contributed by atoms with E-state index in [4.69, 9.17) is 10.5 Å². The largest absolute Gasteiger partial charge is 0.384 e. The van der Waals surface area contributed by atoms with Gasteiger partial charge in [0.2, 0.25) is 0 Å². The number of nitrogen functional groups attached to an aromatic ring is 1. The van der Waals surface area contributed by atoms with Crippen LogP contribution < -0.4 is 5.73 Å². The van der Waals surface area contributed by atoms with Crippen LogP contribution in [0.2, 0.25) is 0 Å². The number of nitrogens with two attached hydrogens (primary N) is 1. The van der Waals surface area contributed by atoms with Crippen molar-refractivity contribution in [3.05, 3.63) is 23.9 Å². The van der Waals surface area contributed by atoms with Gasteiger partial charge in [0.25, 0.3) is 5.91 Å². The van der Waals surface area contributed by atoms with Gasteiger partial charge < -0.3 is 15.4 Å².